The second kappa shape index (κ2) is 5.45. The average molecular weight is 237 g/mol. The van der Waals surface area contributed by atoms with E-state index in [1.165, 1.54) is 24.3 Å². The highest BCUT2D eigenvalue weighted by Crippen LogP contribution is 2.23. The number of benzene rings is 1. The topological polar surface area (TPSA) is 101 Å². The number of carbonyl (C=O) groups is 2. The van der Waals surface area contributed by atoms with Crippen LogP contribution in [-0.2, 0) is 9.59 Å². The summed E-state index contributed by atoms with van der Waals surface area (Å²) in [6.45, 7) is 1.66. The van der Waals surface area contributed by atoms with E-state index in [2.05, 4.69) is 0 Å². The van der Waals surface area contributed by atoms with Crippen molar-refractivity contribution in [1.82, 2.24) is 0 Å². The van der Waals surface area contributed by atoms with Crippen LogP contribution in [-0.4, -0.2) is 28.0 Å². The molecule has 1 rings (SSSR count). The lowest BCUT2D eigenvalue weighted by atomic mass is 9.87. The number of carboxylic acids is 1. The molecule has 2 atom stereocenters. The SMILES string of the molecule is CCC(=O)C(c1ccc(O)cc1)C(N)C(=O)O. The molecule has 4 N–H and O–H groups in total. The maximum atomic E-state index is 11.7. The van der Waals surface area contributed by atoms with Crippen LogP contribution in [0.15, 0.2) is 24.3 Å². The molecule has 0 saturated heterocycles. The molecule has 0 spiro atoms. The number of phenolic OH excluding ortho intramolecular Hbond substituents is 1. The first kappa shape index (κ1) is 13.2. The third-order valence-corrected chi connectivity index (χ3v) is 2.59. The van der Waals surface area contributed by atoms with Gasteiger partial charge in [0.1, 0.15) is 17.6 Å². The Morgan fingerprint density at radius 2 is 1.82 bits per heavy atom. The standard InChI is InChI=1S/C12H15NO4/c1-2-9(15)10(11(13)12(16)17)7-3-5-8(14)6-4-7/h3-6,10-11,14H,2,13H2,1H3,(H,16,17). The van der Waals surface area contributed by atoms with E-state index in [1.807, 2.05) is 0 Å². The van der Waals surface area contributed by atoms with Crippen molar-refractivity contribution in [2.24, 2.45) is 5.73 Å². The second-order valence-electron chi connectivity index (χ2n) is 3.75. The summed E-state index contributed by atoms with van der Waals surface area (Å²) in [4.78, 5) is 22.6. The molecular formula is C12H15NO4. The highest BCUT2D eigenvalue weighted by Gasteiger charge is 2.30. The molecule has 0 saturated carbocycles. The Kier molecular flexibility index (Phi) is 4.23. The lowest BCUT2D eigenvalue weighted by molar-refractivity contribution is -0.141. The molecule has 0 radical (unpaired) electrons. The molecule has 0 aliphatic heterocycles. The smallest absolute Gasteiger partial charge is 0.321 e. The number of aromatic hydroxyl groups is 1. The van der Waals surface area contributed by atoms with Gasteiger partial charge >= 0.3 is 5.97 Å². The molecule has 0 fully saturated rings. The largest absolute Gasteiger partial charge is 0.508 e. The van der Waals surface area contributed by atoms with Crippen molar-refractivity contribution in [1.29, 1.82) is 0 Å². The molecule has 0 heterocycles. The molecule has 1 aromatic carbocycles. The molecule has 0 amide bonds. The molecule has 92 valence electrons. The summed E-state index contributed by atoms with van der Waals surface area (Å²) in [5, 5.41) is 18.0. The number of carboxylic acid groups (broad SMARTS) is 1. The van der Waals surface area contributed by atoms with Gasteiger partial charge in [0.25, 0.3) is 0 Å². The fraction of sp³-hybridized carbons (Fsp3) is 0.333. The zero-order valence-electron chi connectivity index (χ0n) is 9.46. The van der Waals surface area contributed by atoms with Gasteiger partial charge in [0.05, 0.1) is 5.92 Å². The fourth-order valence-corrected chi connectivity index (χ4v) is 1.64. The van der Waals surface area contributed by atoms with Crippen LogP contribution in [0, 0.1) is 0 Å². The Morgan fingerprint density at radius 1 is 1.29 bits per heavy atom. The van der Waals surface area contributed by atoms with Gasteiger partial charge in [0.15, 0.2) is 0 Å². The van der Waals surface area contributed by atoms with E-state index in [9.17, 15) is 9.59 Å². The predicted octanol–water partition coefficient (Wildman–Crippen LogP) is 0.867. The first-order valence-corrected chi connectivity index (χ1v) is 5.27. The summed E-state index contributed by atoms with van der Waals surface area (Å²) in [6, 6.07) is 4.55. The van der Waals surface area contributed by atoms with E-state index >= 15 is 0 Å². The van der Waals surface area contributed by atoms with Crippen LogP contribution in [0.25, 0.3) is 0 Å². The zero-order valence-corrected chi connectivity index (χ0v) is 9.46. The van der Waals surface area contributed by atoms with Gasteiger partial charge in [0, 0.05) is 6.42 Å². The predicted molar refractivity (Wildman–Crippen MR) is 61.8 cm³/mol. The first-order chi connectivity index (χ1) is 7.97. The summed E-state index contributed by atoms with van der Waals surface area (Å²) in [6.07, 6.45) is 0.215. The minimum Gasteiger partial charge on any atom is -0.508 e. The number of nitrogens with two attached hydrogens (primary N) is 1. The molecule has 5 nitrogen and oxygen atoms in total. The maximum absolute atomic E-state index is 11.7. The third-order valence-electron chi connectivity index (χ3n) is 2.59. The highest BCUT2D eigenvalue weighted by atomic mass is 16.4. The number of rotatable bonds is 5. The Balaban J connectivity index is 3.10. The van der Waals surface area contributed by atoms with E-state index in [4.69, 9.17) is 15.9 Å². The van der Waals surface area contributed by atoms with E-state index < -0.39 is 17.9 Å². The van der Waals surface area contributed by atoms with Crippen LogP contribution in [0.5, 0.6) is 5.75 Å². The molecule has 0 aliphatic rings. The van der Waals surface area contributed by atoms with Crippen LogP contribution >= 0.6 is 0 Å². The summed E-state index contributed by atoms with van der Waals surface area (Å²) in [5.41, 5.74) is 6.03. The number of hydrogen-bond donors (Lipinski definition) is 3. The zero-order chi connectivity index (χ0) is 13.0. The van der Waals surface area contributed by atoms with Crippen molar-refractivity contribution in [2.75, 3.05) is 0 Å². The number of phenols is 1. The minimum absolute atomic E-state index is 0.0559. The minimum atomic E-state index is -1.27. The number of aliphatic carboxylic acids is 1. The molecular weight excluding hydrogens is 222 g/mol. The summed E-state index contributed by atoms with van der Waals surface area (Å²) >= 11 is 0. The van der Waals surface area contributed by atoms with Crippen molar-refractivity contribution in [3.05, 3.63) is 29.8 Å². The van der Waals surface area contributed by atoms with Crippen LogP contribution < -0.4 is 5.73 Å². The molecule has 5 heteroatoms. The van der Waals surface area contributed by atoms with Gasteiger partial charge in [-0.3, -0.25) is 9.59 Å². The molecule has 1 aromatic rings. The molecule has 2 unspecified atom stereocenters. The molecule has 0 bridgehead atoms. The highest BCUT2D eigenvalue weighted by molar-refractivity contribution is 5.92. The third kappa shape index (κ3) is 3.04. The normalized spacial score (nSPS) is 14.0. The van der Waals surface area contributed by atoms with Crippen molar-refractivity contribution in [3.8, 4) is 5.75 Å². The van der Waals surface area contributed by atoms with E-state index in [-0.39, 0.29) is 18.0 Å². The monoisotopic (exact) mass is 237 g/mol. The molecule has 0 aromatic heterocycles. The first-order valence-electron chi connectivity index (χ1n) is 5.27. The second-order valence-corrected chi connectivity index (χ2v) is 3.75. The Morgan fingerprint density at radius 3 is 2.24 bits per heavy atom. The van der Waals surface area contributed by atoms with Gasteiger partial charge in [-0.1, -0.05) is 19.1 Å². The molecule has 17 heavy (non-hydrogen) atoms. The number of Topliss-reactive ketones (excluding diaryl/α,β-unsaturated/α-hetero) is 1. The fourth-order valence-electron chi connectivity index (χ4n) is 1.64. The van der Waals surface area contributed by atoms with E-state index in [1.54, 1.807) is 6.92 Å². The van der Waals surface area contributed by atoms with Crippen LogP contribution in [0.1, 0.15) is 24.8 Å². The number of ketones is 1. The van der Waals surface area contributed by atoms with Crippen molar-refractivity contribution in [3.63, 3.8) is 0 Å². The average Bonchev–Trinajstić information content (AvgIpc) is 2.31. The number of hydrogen-bond acceptors (Lipinski definition) is 4. The Hall–Kier alpha value is -1.88. The van der Waals surface area contributed by atoms with Crippen LogP contribution in [0.2, 0.25) is 0 Å². The lowest BCUT2D eigenvalue weighted by Gasteiger charge is -2.19. The van der Waals surface area contributed by atoms with Gasteiger partial charge in [-0.25, -0.2) is 0 Å². The summed E-state index contributed by atoms with van der Waals surface area (Å²) in [7, 11) is 0. The van der Waals surface area contributed by atoms with E-state index in [0.29, 0.717) is 5.56 Å². The van der Waals surface area contributed by atoms with Crippen molar-refractivity contribution < 1.29 is 19.8 Å². The van der Waals surface area contributed by atoms with Gasteiger partial charge < -0.3 is 15.9 Å². The van der Waals surface area contributed by atoms with Crippen molar-refractivity contribution in [2.45, 2.75) is 25.3 Å². The number of carbonyl (C=O) groups excluding carboxylic acids is 1. The summed E-state index contributed by atoms with van der Waals surface area (Å²) < 4.78 is 0. The van der Waals surface area contributed by atoms with Crippen molar-refractivity contribution >= 4 is 11.8 Å². The van der Waals surface area contributed by atoms with Gasteiger partial charge in [-0.15, -0.1) is 0 Å². The quantitative estimate of drug-likeness (QED) is 0.705. The van der Waals surface area contributed by atoms with Gasteiger partial charge in [-0.05, 0) is 17.7 Å². The van der Waals surface area contributed by atoms with E-state index in [0.717, 1.165) is 0 Å². The van der Waals surface area contributed by atoms with Crippen LogP contribution in [0.3, 0.4) is 0 Å². The summed E-state index contributed by atoms with van der Waals surface area (Å²) in [5.74, 6) is -2.27. The van der Waals surface area contributed by atoms with Gasteiger partial charge in [-0.2, -0.15) is 0 Å². The Labute approximate surface area is 98.9 Å². The molecule has 0 aliphatic carbocycles. The van der Waals surface area contributed by atoms with Gasteiger partial charge in [0.2, 0.25) is 0 Å². The lowest BCUT2D eigenvalue weighted by Crippen LogP contribution is -2.40. The Bertz CT molecular complexity index is 413. The van der Waals surface area contributed by atoms with Crippen LogP contribution in [0.4, 0.5) is 0 Å². The maximum Gasteiger partial charge on any atom is 0.321 e.